The lowest BCUT2D eigenvalue weighted by Gasteiger charge is -2.11. The Morgan fingerprint density at radius 2 is 1.95 bits per heavy atom. The molecule has 0 bridgehead atoms. The molecule has 1 aromatic carbocycles. The van der Waals surface area contributed by atoms with Gasteiger partial charge in [0.2, 0.25) is 0 Å². The van der Waals surface area contributed by atoms with Gasteiger partial charge in [-0.05, 0) is 10.1 Å². The second-order valence-electron chi connectivity index (χ2n) is 4.19. The van der Waals surface area contributed by atoms with Crippen molar-refractivity contribution in [3.8, 4) is 0 Å². The fraction of sp³-hybridized carbons (Fsp3) is 0.385. The Hall–Kier alpha value is -1.82. The van der Waals surface area contributed by atoms with Crippen LogP contribution in [-0.4, -0.2) is 41.1 Å². The Kier molecular flexibility index (Phi) is 7.53. The van der Waals surface area contributed by atoms with E-state index in [1.807, 2.05) is 6.07 Å². The summed E-state index contributed by atoms with van der Waals surface area (Å²) in [6.07, 6.45) is -1.75. The van der Waals surface area contributed by atoms with E-state index in [4.69, 9.17) is 14.7 Å². The fourth-order valence-corrected chi connectivity index (χ4v) is 2.11. The number of carbonyl (C=O) groups is 2. The zero-order chi connectivity index (χ0) is 15.7. The molecule has 21 heavy (non-hydrogen) atoms. The number of amides is 1. The Bertz CT molecular complexity index is 493. The molecule has 1 rings (SSSR count). The van der Waals surface area contributed by atoms with Crippen molar-refractivity contribution >= 4 is 19.9 Å². The largest absolute Gasteiger partial charge is 0.537 e. The number of aliphatic hydroxyl groups is 1. The van der Waals surface area contributed by atoms with Crippen LogP contribution in [0.1, 0.15) is 12.0 Å². The maximum Gasteiger partial charge on any atom is 0.537 e. The van der Waals surface area contributed by atoms with Gasteiger partial charge in [-0.1, -0.05) is 30.3 Å². The molecule has 0 saturated heterocycles. The van der Waals surface area contributed by atoms with E-state index in [0.717, 1.165) is 5.56 Å². The van der Waals surface area contributed by atoms with Crippen molar-refractivity contribution in [1.82, 2.24) is 5.32 Å². The number of aliphatic carboxylic acids is 1. The lowest BCUT2D eigenvalue weighted by molar-refractivity contribution is -0.137. The summed E-state index contributed by atoms with van der Waals surface area (Å²) >= 11 is 0. The highest BCUT2D eigenvalue weighted by atomic mass is 31.1. The number of nitrogens with one attached hydrogen (secondary N) is 1. The summed E-state index contributed by atoms with van der Waals surface area (Å²) in [6, 6.07) is 8.97. The molecule has 0 fully saturated rings. The van der Waals surface area contributed by atoms with Crippen molar-refractivity contribution < 1.29 is 28.9 Å². The van der Waals surface area contributed by atoms with Crippen LogP contribution < -0.4 is 5.32 Å². The average Bonchev–Trinajstić information content (AvgIpc) is 2.47. The van der Waals surface area contributed by atoms with Crippen molar-refractivity contribution in [2.75, 3.05) is 12.9 Å². The first-order valence-corrected chi connectivity index (χ1v) is 7.65. The van der Waals surface area contributed by atoms with Crippen LogP contribution in [0.2, 0.25) is 0 Å². The van der Waals surface area contributed by atoms with E-state index >= 15 is 0 Å². The SMILES string of the molecule is O=C(O)CCNC(=O)C(Cc1ccccc1)O[P+](=O)CO. The number of benzene rings is 1. The Balaban J connectivity index is 2.65. The monoisotopic (exact) mass is 314 g/mol. The molecule has 0 heterocycles. The molecule has 8 heteroatoms. The predicted octanol–water partition coefficient (Wildman–Crippen LogP) is 0.897. The van der Waals surface area contributed by atoms with Crippen LogP contribution in [0.3, 0.4) is 0 Å². The third kappa shape index (κ3) is 6.94. The van der Waals surface area contributed by atoms with Gasteiger partial charge < -0.3 is 15.5 Å². The quantitative estimate of drug-likeness (QED) is 0.584. The van der Waals surface area contributed by atoms with Crippen molar-refractivity contribution in [1.29, 1.82) is 0 Å². The molecule has 114 valence electrons. The summed E-state index contributed by atoms with van der Waals surface area (Å²) in [4.78, 5) is 22.3. The highest BCUT2D eigenvalue weighted by Crippen LogP contribution is 2.24. The summed E-state index contributed by atoms with van der Waals surface area (Å²) in [5.41, 5.74) is 0.803. The molecule has 0 aliphatic carbocycles. The van der Waals surface area contributed by atoms with E-state index in [9.17, 15) is 14.2 Å². The normalized spacial score (nSPS) is 12.5. The molecule has 1 amide bonds. The lowest BCUT2D eigenvalue weighted by Crippen LogP contribution is -2.37. The van der Waals surface area contributed by atoms with Gasteiger partial charge in [-0.3, -0.25) is 9.59 Å². The zero-order valence-corrected chi connectivity index (χ0v) is 12.2. The molecule has 0 aliphatic heterocycles. The Morgan fingerprint density at radius 1 is 1.29 bits per heavy atom. The van der Waals surface area contributed by atoms with Crippen molar-refractivity contribution in [3.63, 3.8) is 0 Å². The molecule has 3 N–H and O–H groups in total. The van der Waals surface area contributed by atoms with Gasteiger partial charge in [0, 0.05) is 13.0 Å². The molecule has 2 atom stereocenters. The van der Waals surface area contributed by atoms with Crippen LogP contribution in [-0.2, 0) is 25.1 Å². The predicted molar refractivity (Wildman–Crippen MR) is 75.0 cm³/mol. The zero-order valence-electron chi connectivity index (χ0n) is 11.3. The molecular formula is C13H17NO6P+. The number of rotatable bonds is 9. The molecular weight excluding hydrogens is 297 g/mol. The minimum atomic E-state index is -2.35. The van der Waals surface area contributed by atoms with Gasteiger partial charge >= 0.3 is 14.0 Å². The van der Waals surface area contributed by atoms with E-state index in [2.05, 4.69) is 5.32 Å². The van der Waals surface area contributed by atoms with Gasteiger partial charge in [0.1, 0.15) is 0 Å². The summed E-state index contributed by atoms with van der Waals surface area (Å²) in [5.74, 6) is -1.59. The van der Waals surface area contributed by atoms with Crippen molar-refractivity contribution in [2.24, 2.45) is 0 Å². The first kappa shape index (κ1) is 17.2. The number of carboxylic acid groups (broad SMARTS) is 1. The van der Waals surface area contributed by atoms with E-state index in [1.165, 1.54) is 0 Å². The van der Waals surface area contributed by atoms with Gasteiger partial charge in [0.05, 0.1) is 6.42 Å². The van der Waals surface area contributed by atoms with Crippen molar-refractivity contribution in [3.05, 3.63) is 35.9 Å². The number of hydrogen-bond donors (Lipinski definition) is 3. The van der Waals surface area contributed by atoms with Gasteiger partial charge in [-0.25, -0.2) is 0 Å². The summed E-state index contributed by atoms with van der Waals surface area (Å²) in [7, 11) is -2.35. The maximum atomic E-state index is 11.9. The molecule has 1 aromatic rings. The molecule has 7 nitrogen and oxygen atoms in total. The second-order valence-corrected chi connectivity index (χ2v) is 5.35. The van der Waals surface area contributed by atoms with Crippen molar-refractivity contribution in [2.45, 2.75) is 18.9 Å². The standard InChI is InChI=1S/C13H16NO6P/c15-9-21(19)20-11(8-10-4-2-1-3-5-10)13(18)14-7-6-12(16)17/h1-5,11,15H,6-9H2,(H-,14,16,17,18)/p+1. The topological polar surface area (TPSA) is 113 Å². The summed E-state index contributed by atoms with van der Waals surface area (Å²) in [5, 5.41) is 19.7. The number of hydrogen-bond acceptors (Lipinski definition) is 5. The number of carbonyl (C=O) groups excluding carboxylic acids is 1. The number of carboxylic acids is 1. The summed E-state index contributed by atoms with van der Waals surface area (Å²) < 4.78 is 16.3. The van der Waals surface area contributed by atoms with Crippen LogP contribution >= 0.6 is 8.03 Å². The number of aliphatic hydroxyl groups excluding tert-OH is 1. The lowest BCUT2D eigenvalue weighted by atomic mass is 10.1. The van der Waals surface area contributed by atoms with Crippen LogP contribution in [0.15, 0.2) is 30.3 Å². The van der Waals surface area contributed by atoms with Crippen LogP contribution in [0.4, 0.5) is 0 Å². The van der Waals surface area contributed by atoms with E-state index in [1.54, 1.807) is 24.3 Å². The highest BCUT2D eigenvalue weighted by Gasteiger charge is 2.30. The van der Waals surface area contributed by atoms with Gasteiger partial charge in [0.15, 0.2) is 6.10 Å². The minimum Gasteiger partial charge on any atom is -0.481 e. The molecule has 0 aliphatic rings. The van der Waals surface area contributed by atoms with Crippen LogP contribution in [0.5, 0.6) is 0 Å². The third-order valence-corrected chi connectivity index (χ3v) is 3.28. The van der Waals surface area contributed by atoms with Crippen LogP contribution in [0, 0.1) is 0 Å². The molecule has 0 spiro atoms. The second kappa shape index (κ2) is 9.18. The summed E-state index contributed by atoms with van der Waals surface area (Å²) in [6.45, 7) is -0.0429. The van der Waals surface area contributed by atoms with E-state index < -0.39 is 32.4 Å². The Morgan fingerprint density at radius 3 is 2.52 bits per heavy atom. The first-order valence-electron chi connectivity index (χ1n) is 6.28. The van der Waals surface area contributed by atoms with Gasteiger partial charge in [-0.15, -0.1) is 4.52 Å². The molecule has 0 saturated carbocycles. The van der Waals surface area contributed by atoms with Gasteiger partial charge in [-0.2, -0.15) is 0 Å². The average molecular weight is 314 g/mol. The van der Waals surface area contributed by atoms with E-state index in [0.29, 0.717) is 0 Å². The first-order chi connectivity index (χ1) is 10.0. The maximum absolute atomic E-state index is 11.9. The van der Waals surface area contributed by atoms with Crippen LogP contribution in [0.25, 0.3) is 0 Å². The van der Waals surface area contributed by atoms with Gasteiger partial charge in [0.25, 0.3) is 12.3 Å². The smallest absolute Gasteiger partial charge is 0.481 e. The third-order valence-electron chi connectivity index (χ3n) is 2.55. The highest BCUT2D eigenvalue weighted by molar-refractivity contribution is 7.38. The molecule has 0 radical (unpaired) electrons. The minimum absolute atomic E-state index is 0.0429. The Labute approximate surface area is 122 Å². The van der Waals surface area contributed by atoms with E-state index in [-0.39, 0.29) is 19.4 Å². The molecule has 0 aromatic heterocycles. The molecule has 2 unspecified atom stereocenters. The fourth-order valence-electron chi connectivity index (χ4n) is 1.59.